The Morgan fingerprint density at radius 3 is 2.71 bits per heavy atom. The van der Waals surface area contributed by atoms with Crippen molar-refractivity contribution >= 4 is 0 Å². The van der Waals surface area contributed by atoms with Crippen LogP contribution >= 0.6 is 0 Å². The van der Waals surface area contributed by atoms with E-state index in [9.17, 15) is 9.50 Å². The summed E-state index contributed by atoms with van der Waals surface area (Å²) in [6.07, 6.45) is 0.652. The van der Waals surface area contributed by atoms with E-state index < -0.39 is 0 Å². The zero-order chi connectivity index (χ0) is 12.8. The van der Waals surface area contributed by atoms with E-state index in [1.807, 2.05) is 13.8 Å². The molecule has 0 aliphatic carbocycles. The van der Waals surface area contributed by atoms with Crippen molar-refractivity contribution in [1.29, 1.82) is 0 Å². The van der Waals surface area contributed by atoms with Crippen molar-refractivity contribution in [2.45, 2.75) is 39.8 Å². The van der Waals surface area contributed by atoms with E-state index >= 15 is 0 Å². The average Bonchev–Trinajstić information content (AvgIpc) is 2.30. The zero-order valence-corrected chi connectivity index (χ0v) is 10.8. The lowest BCUT2D eigenvalue weighted by Gasteiger charge is -2.18. The summed E-state index contributed by atoms with van der Waals surface area (Å²) in [4.78, 5) is 0. The number of halogens is 1. The predicted molar refractivity (Wildman–Crippen MR) is 68.3 cm³/mol. The molecule has 0 fully saturated rings. The van der Waals surface area contributed by atoms with E-state index in [0.717, 1.165) is 17.5 Å². The Morgan fingerprint density at radius 2 is 2.12 bits per heavy atom. The summed E-state index contributed by atoms with van der Waals surface area (Å²) < 4.78 is 12.9. The summed E-state index contributed by atoms with van der Waals surface area (Å²) in [5, 5.41) is 13.0. The first-order chi connectivity index (χ1) is 8.04. The summed E-state index contributed by atoms with van der Waals surface area (Å²) in [6, 6.07) is 4.78. The summed E-state index contributed by atoms with van der Waals surface area (Å²) in [6.45, 7) is 7.24. The van der Waals surface area contributed by atoms with Gasteiger partial charge in [-0.15, -0.1) is 0 Å². The first-order valence-electron chi connectivity index (χ1n) is 6.18. The van der Waals surface area contributed by atoms with Gasteiger partial charge in [-0.3, -0.25) is 0 Å². The van der Waals surface area contributed by atoms with E-state index in [-0.39, 0.29) is 11.9 Å². The minimum absolute atomic E-state index is 0.203. The molecule has 17 heavy (non-hydrogen) atoms. The molecule has 0 aromatic heterocycles. The number of rotatable bonds is 6. The fourth-order valence-electron chi connectivity index (χ4n) is 1.69. The van der Waals surface area contributed by atoms with Crippen LogP contribution in [0.5, 0.6) is 0 Å². The molecule has 0 radical (unpaired) electrons. The molecule has 2 atom stereocenters. The van der Waals surface area contributed by atoms with E-state index in [2.05, 4.69) is 12.2 Å². The first-order valence-corrected chi connectivity index (χ1v) is 6.18. The van der Waals surface area contributed by atoms with Crippen molar-refractivity contribution in [2.75, 3.05) is 6.54 Å². The van der Waals surface area contributed by atoms with Gasteiger partial charge in [0.2, 0.25) is 0 Å². The van der Waals surface area contributed by atoms with Gasteiger partial charge in [-0.25, -0.2) is 4.39 Å². The van der Waals surface area contributed by atoms with Crippen LogP contribution in [0.4, 0.5) is 4.39 Å². The topological polar surface area (TPSA) is 32.3 Å². The minimum Gasteiger partial charge on any atom is -0.392 e. The molecule has 0 aliphatic rings. The molecule has 0 saturated heterocycles. The van der Waals surface area contributed by atoms with Gasteiger partial charge < -0.3 is 10.4 Å². The first kappa shape index (κ1) is 14.1. The number of nitrogens with one attached hydrogen (secondary N) is 1. The SMILES string of the molecule is CCC(C)C(O)CNCc1ccc(F)cc1C. The van der Waals surface area contributed by atoms with Crippen LogP contribution in [0.25, 0.3) is 0 Å². The second-order valence-corrected chi connectivity index (χ2v) is 4.65. The summed E-state index contributed by atoms with van der Waals surface area (Å²) in [5.41, 5.74) is 2.01. The Balaban J connectivity index is 2.40. The molecule has 1 aromatic carbocycles. The van der Waals surface area contributed by atoms with Crippen molar-refractivity contribution in [3.8, 4) is 0 Å². The van der Waals surface area contributed by atoms with Crippen LogP contribution in [0.2, 0.25) is 0 Å². The van der Waals surface area contributed by atoms with Crippen LogP contribution < -0.4 is 5.32 Å². The standard InChI is InChI=1S/C14H22FNO/c1-4-10(2)14(17)9-16-8-12-5-6-13(15)7-11(12)3/h5-7,10,14,16-17H,4,8-9H2,1-3H3. The fraction of sp³-hybridized carbons (Fsp3) is 0.571. The Kier molecular flexibility index (Phi) is 5.59. The van der Waals surface area contributed by atoms with Crippen molar-refractivity contribution in [3.05, 3.63) is 35.1 Å². The average molecular weight is 239 g/mol. The second-order valence-electron chi connectivity index (χ2n) is 4.65. The molecule has 3 heteroatoms. The predicted octanol–water partition coefficient (Wildman–Crippen LogP) is 2.63. The maximum Gasteiger partial charge on any atom is 0.123 e. The molecule has 1 rings (SSSR count). The second kappa shape index (κ2) is 6.72. The summed E-state index contributed by atoms with van der Waals surface area (Å²) >= 11 is 0. The van der Waals surface area contributed by atoms with Crippen LogP contribution in [0.3, 0.4) is 0 Å². The third kappa shape index (κ3) is 4.44. The highest BCUT2D eigenvalue weighted by Crippen LogP contribution is 2.10. The molecule has 0 saturated carbocycles. The normalized spacial score (nSPS) is 14.6. The number of benzene rings is 1. The molecule has 2 N–H and O–H groups in total. The van der Waals surface area contributed by atoms with Crippen LogP contribution in [-0.4, -0.2) is 17.8 Å². The number of aryl methyl sites for hydroxylation is 1. The summed E-state index contributed by atoms with van der Waals surface area (Å²) in [7, 11) is 0. The van der Waals surface area contributed by atoms with Gasteiger partial charge in [0.05, 0.1) is 6.10 Å². The Morgan fingerprint density at radius 1 is 1.41 bits per heavy atom. The van der Waals surface area contributed by atoms with Gasteiger partial charge in [0.25, 0.3) is 0 Å². The van der Waals surface area contributed by atoms with E-state index in [1.54, 1.807) is 6.07 Å². The molecule has 0 heterocycles. The monoisotopic (exact) mass is 239 g/mol. The molecule has 0 spiro atoms. The lowest BCUT2D eigenvalue weighted by Crippen LogP contribution is -2.31. The highest BCUT2D eigenvalue weighted by atomic mass is 19.1. The molecule has 1 aromatic rings. The highest BCUT2D eigenvalue weighted by Gasteiger charge is 2.11. The van der Waals surface area contributed by atoms with Gasteiger partial charge >= 0.3 is 0 Å². The zero-order valence-electron chi connectivity index (χ0n) is 10.8. The van der Waals surface area contributed by atoms with Crippen molar-refractivity contribution in [3.63, 3.8) is 0 Å². The third-order valence-electron chi connectivity index (χ3n) is 3.27. The quantitative estimate of drug-likeness (QED) is 0.800. The van der Waals surface area contributed by atoms with Crippen LogP contribution in [0.1, 0.15) is 31.4 Å². The molecule has 96 valence electrons. The molecule has 2 nitrogen and oxygen atoms in total. The van der Waals surface area contributed by atoms with Crippen molar-refractivity contribution < 1.29 is 9.50 Å². The van der Waals surface area contributed by atoms with E-state index in [1.165, 1.54) is 12.1 Å². The molecule has 2 unspecified atom stereocenters. The fourth-order valence-corrected chi connectivity index (χ4v) is 1.69. The maximum atomic E-state index is 12.9. The minimum atomic E-state index is -0.319. The third-order valence-corrected chi connectivity index (χ3v) is 3.27. The smallest absolute Gasteiger partial charge is 0.123 e. The molecular formula is C14H22FNO. The molecule has 0 aliphatic heterocycles. The van der Waals surface area contributed by atoms with Crippen LogP contribution in [-0.2, 0) is 6.54 Å². The lowest BCUT2D eigenvalue weighted by molar-refractivity contribution is 0.113. The number of hydrogen-bond donors (Lipinski definition) is 2. The number of hydrogen-bond acceptors (Lipinski definition) is 2. The van der Waals surface area contributed by atoms with Gasteiger partial charge in [-0.1, -0.05) is 26.3 Å². The van der Waals surface area contributed by atoms with Gasteiger partial charge in [0.1, 0.15) is 5.82 Å². The van der Waals surface area contributed by atoms with Crippen molar-refractivity contribution in [1.82, 2.24) is 5.32 Å². The van der Waals surface area contributed by atoms with Gasteiger partial charge in [-0.05, 0) is 36.1 Å². The largest absolute Gasteiger partial charge is 0.392 e. The van der Waals surface area contributed by atoms with Crippen LogP contribution in [0.15, 0.2) is 18.2 Å². The van der Waals surface area contributed by atoms with Crippen LogP contribution in [0, 0.1) is 18.7 Å². The van der Waals surface area contributed by atoms with Crippen molar-refractivity contribution in [2.24, 2.45) is 5.92 Å². The van der Waals surface area contributed by atoms with Gasteiger partial charge in [-0.2, -0.15) is 0 Å². The van der Waals surface area contributed by atoms with E-state index in [0.29, 0.717) is 19.0 Å². The molecule has 0 amide bonds. The Labute approximate surface area is 103 Å². The van der Waals surface area contributed by atoms with Gasteiger partial charge in [0.15, 0.2) is 0 Å². The van der Waals surface area contributed by atoms with Gasteiger partial charge in [0, 0.05) is 13.1 Å². The molecular weight excluding hydrogens is 217 g/mol. The highest BCUT2D eigenvalue weighted by molar-refractivity contribution is 5.26. The number of aliphatic hydroxyl groups is 1. The Bertz CT molecular complexity index is 354. The molecule has 0 bridgehead atoms. The maximum absolute atomic E-state index is 12.9. The Hall–Kier alpha value is -0.930. The number of aliphatic hydroxyl groups excluding tert-OH is 1. The van der Waals surface area contributed by atoms with E-state index in [4.69, 9.17) is 0 Å². The summed E-state index contributed by atoms with van der Waals surface area (Å²) in [5.74, 6) is 0.0997. The lowest BCUT2D eigenvalue weighted by atomic mass is 10.0.